The Morgan fingerprint density at radius 3 is 2.70 bits per heavy atom. The number of hydrogen-bond donors (Lipinski definition) is 3. The Labute approximate surface area is 185 Å². The third kappa shape index (κ3) is 7.27. The molecule has 0 aromatic heterocycles. The number of carbonyl (C=O) groups is 2. The molecule has 0 radical (unpaired) electrons. The molecule has 2 rings (SSSR count). The summed E-state index contributed by atoms with van der Waals surface area (Å²) in [5.74, 6) is -0.357. The molecule has 1 aliphatic heterocycles. The van der Waals surface area contributed by atoms with Gasteiger partial charge in [-0.05, 0) is 12.0 Å². The minimum atomic E-state index is -0.706. The van der Waals surface area contributed by atoms with Crippen LogP contribution < -0.4 is 11.2 Å². The van der Waals surface area contributed by atoms with Crippen molar-refractivity contribution in [2.45, 2.75) is 57.7 Å². The van der Waals surface area contributed by atoms with Crippen molar-refractivity contribution in [1.82, 2.24) is 10.4 Å². The zero-order chi connectivity index (χ0) is 21.9. The highest BCUT2D eigenvalue weighted by atomic mass is 32.1. The van der Waals surface area contributed by atoms with Crippen LogP contribution in [-0.4, -0.2) is 60.6 Å². The second kappa shape index (κ2) is 12.9. The quantitative estimate of drug-likeness (QED) is 0.189. The number of rotatable bonds is 13. The summed E-state index contributed by atoms with van der Waals surface area (Å²) < 4.78 is 11.2. The highest BCUT2D eigenvalue weighted by Gasteiger charge is 2.43. The monoisotopic (exact) mass is 437 g/mol. The maximum absolute atomic E-state index is 13.6. The van der Waals surface area contributed by atoms with E-state index in [1.54, 1.807) is 0 Å². The molecule has 0 bridgehead atoms. The van der Waals surface area contributed by atoms with Crippen LogP contribution in [0.5, 0.6) is 0 Å². The largest absolute Gasteiger partial charge is 0.464 e. The van der Waals surface area contributed by atoms with Crippen LogP contribution in [0.3, 0.4) is 0 Å². The molecule has 1 fully saturated rings. The zero-order valence-electron chi connectivity index (χ0n) is 18.0. The fourth-order valence-corrected chi connectivity index (χ4v) is 3.48. The Balaban J connectivity index is 2.20. The Kier molecular flexibility index (Phi) is 10.6. The van der Waals surface area contributed by atoms with E-state index in [1.807, 2.05) is 37.3 Å². The SMILES string of the molecule is CCCCCO[C@H](Cc1ccccc1)C(=O)N(NCC(N)CS)C1C(=O)OC[C@H]1C. The van der Waals surface area contributed by atoms with Gasteiger partial charge in [0.25, 0.3) is 5.91 Å². The average molecular weight is 438 g/mol. The van der Waals surface area contributed by atoms with Crippen LogP contribution in [0, 0.1) is 5.92 Å². The molecule has 1 aromatic carbocycles. The van der Waals surface area contributed by atoms with Gasteiger partial charge >= 0.3 is 5.97 Å². The second-order valence-corrected chi connectivity index (χ2v) is 8.19. The van der Waals surface area contributed by atoms with Gasteiger partial charge in [0, 0.05) is 37.3 Å². The molecule has 1 aliphatic rings. The number of benzene rings is 1. The molecule has 0 saturated carbocycles. The standard InChI is InChI=1S/C22H35N3O4S/c1-3-4-8-11-28-19(12-17-9-6-5-7-10-17)21(26)25(24-13-18(23)15-30)20-16(2)14-29-22(20)27/h5-7,9-10,16,18-20,24,30H,3-4,8,11-15,23H2,1-2H3/t16-,18?,19-,20?/m1/s1. The molecule has 3 N–H and O–H groups in total. The first kappa shape index (κ1) is 24.7. The van der Waals surface area contributed by atoms with Crippen molar-refractivity contribution in [1.29, 1.82) is 0 Å². The lowest BCUT2D eigenvalue weighted by Crippen LogP contribution is -2.59. The van der Waals surface area contributed by atoms with Gasteiger partial charge in [-0.3, -0.25) is 9.80 Å². The van der Waals surface area contributed by atoms with Crippen molar-refractivity contribution in [3.8, 4) is 0 Å². The molecule has 1 saturated heterocycles. The number of amides is 1. The third-order valence-corrected chi connectivity index (χ3v) is 5.62. The van der Waals surface area contributed by atoms with Gasteiger partial charge in [0.15, 0.2) is 6.04 Å². The molecule has 0 aliphatic carbocycles. The van der Waals surface area contributed by atoms with Gasteiger partial charge in [0.05, 0.1) is 6.61 Å². The molecule has 30 heavy (non-hydrogen) atoms. The number of cyclic esters (lactones) is 1. The van der Waals surface area contributed by atoms with Gasteiger partial charge in [0.2, 0.25) is 0 Å². The van der Waals surface area contributed by atoms with Crippen molar-refractivity contribution >= 4 is 24.5 Å². The van der Waals surface area contributed by atoms with Gasteiger partial charge in [-0.1, -0.05) is 57.0 Å². The number of nitrogens with zero attached hydrogens (tertiary/aromatic N) is 1. The summed E-state index contributed by atoms with van der Waals surface area (Å²) >= 11 is 4.20. The number of esters is 1. The maximum Gasteiger partial charge on any atom is 0.330 e. The highest BCUT2D eigenvalue weighted by molar-refractivity contribution is 7.80. The van der Waals surface area contributed by atoms with E-state index < -0.39 is 18.1 Å². The van der Waals surface area contributed by atoms with Crippen LogP contribution in [0.25, 0.3) is 0 Å². The Morgan fingerprint density at radius 2 is 2.10 bits per heavy atom. The van der Waals surface area contributed by atoms with Crippen LogP contribution >= 0.6 is 12.6 Å². The smallest absolute Gasteiger partial charge is 0.330 e. The van der Waals surface area contributed by atoms with E-state index in [0.29, 0.717) is 25.3 Å². The van der Waals surface area contributed by atoms with Crippen LogP contribution in [0.4, 0.5) is 0 Å². The van der Waals surface area contributed by atoms with Crippen molar-refractivity contribution in [3.05, 3.63) is 35.9 Å². The highest BCUT2D eigenvalue weighted by Crippen LogP contribution is 2.21. The Hall–Kier alpha value is -1.61. The summed E-state index contributed by atoms with van der Waals surface area (Å²) in [6, 6.07) is 8.79. The molecule has 1 amide bonds. The molecule has 0 spiro atoms. The number of thiol groups is 1. The average Bonchev–Trinajstić information content (AvgIpc) is 3.09. The van der Waals surface area contributed by atoms with Gasteiger partial charge in [-0.15, -0.1) is 0 Å². The van der Waals surface area contributed by atoms with Crippen molar-refractivity contribution in [2.24, 2.45) is 11.7 Å². The normalized spacial score (nSPS) is 20.6. The molecular formula is C22H35N3O4S. The van der Waals surface area contributed by atoms with Crippen LogP contribution in [-0.2, 0) is 25.5 Å². The van der Waals surface area contributed by atoms with Gasteiger partial charge in [-0.25, -0.2) is 10.2 Å². The first-order valence-corrected chi connectivity index (χ1v) is 11.4. The number of nitrogens with one attached hydrogen (secondary N) is 1. The maximum atomic E-state index is 13.6. The molecule has 8 heteroatoms. The molecule has 1 heterocycles. The van der Waals surface area contributed by atoms with Crippen molar-refractivity contribution < 1.29 is 19.1 Å². The first-order chi connectivity index (χ1) is 14.5. The predicted octanol–water partition coefficient (Wildman–Crippen LogP) is 1.96. The van der Waals surface area contributed by atoms with E-state index in [9.17, 15) is 9.59 Å². The van der Waals surface area contributed by atoms with Crippen molar-refractivity contribution in [3.63, 3.8) is 0 Å². The van der Waals surface area contributed by atoms with E-state index in [0.717, 1.165) is 24.8 Å². The fourth-order valence-electron chi connectivity index (χ4n) is 3.35. The van der Waals surface area contributed by atoms with E-state index >= 15 is 0 Å². The van der Waals surface area contributed by atoms with Crippen LogP contribution in [0.2, 0.25) is 0 Å². The summed E-state index contributed by atoms with van der Waals surface area (Å²) in [6.45, 7) is 5.11. The summed E-state index contributed by atoms with van der Waals surface area (Å²) in [6.07, 6.45) is 2.72. The number of unbranched alkanes of at least 4 members (excludes halogenated alkanes) is 2. The van der Waals surface area contributed by atoms with E-state index in [2.05, 4.69) is 25.0 Å². The molecule has 1 aromatic rings. The second-order valence-electron chi connectivity index (χ2n) is 7.82. The fraction of sp³-hybridized carbons (Fsp3) is 0.636. The third-order valence-electron chi connectivity index (χ3n) is 5.15. The summed E-state index contributed by atoms with van der Waals surface area (Å²) in [5, 5.41) is 1.39. The van der Waals surface area contributed by atoms with E-state index in [1.165, 1.54) is 5.01 Å². The lowest BCUT2D eigenvalue weighted by Gasteiger charge is -2.33. The first-order valence-electron chi connectivity index (χ1n) is 10.7. The van der Waals surface area contributed by atoms with E-state index in [4.69, 9.17) is 15.2 Å². The molecule has 2 unspecified atom stereocenters. The summed E-state index contributed by atoms with van der Waals surface area (Å²) in [7, 11) is 0. The molecule has 168 valence electrons. The summed E-state index contributed by atoms with van der Waals surface area (Å²) in [4.78, 5) is 25.9. The molecule has 7 nitrogen and oxygen atoms in total. The molecular weight excluding hydrogens is 402 g/mol. The van der Waals surface area contributed by atoms with Gasteiger partial charge in [-0.2, -0.15) is 12.6 Å². The number of nitrogens with two attached hydrogens (primary N) is 1. The minimum Gasteiger partial charge on any atom is -0.464 e. The number of hydrogen-bond acceptors (Lipinski definition) is 7. The Bertz CT molecular complexity index is 661. The topological polar surface area (TPSA) is 93.9 Å². The minimum absolute atomic E-state index is 0.126. The van der Waals surface area contributed by atoms with Crippen LogP contribution in [0.1, 0.15) is 38.7 Å². The summed E-state index contributed by atoms with van der Waals surface area (Å²) in [5.41, 5.74) is 10.0. The lowest BCUT2D eigenvalue weighted by atomic mass is 10.0. The van der Waals surface area contributed by atoms with E-state index in [-0.39, 0.29) is 24.5 Å². The molecule has 4 atom stereocenters. The number of ether oxygens (including phenoxy) is 2. The number of hydrazine groups is 1. The predicted molar refractivity (Wildman–Crippen MR) is 120 cm³/mol. The number of carbonyl (C=O) groups excluding carboxylic acids is 2. The lowest BCUT2D eigenvalue weighted by molar-refractivity contribution is -0.158. The van der Waals surface area contributed by atoms with Gasteiger partial charge in [0.1, 0.15) is 6.10 Å². The Morgan fingerprint density at radius 1 is 1.37 bits per heavy atom. The zero-order valence-corrected chi connectivity index (χ0v) is 18.9. The van der Waals surface area contributed by atoms with Gasteiger partial charge < -0.3 is 15.2 Å². The van der Waals surface area contributed by atoms with Crippen molar-refractivity contribution in [2.75, 3.05) is 25.5 Å². The van der Waals surface area contributed by atoms with Crippen LogP contribution in [0.15, 0.2) is 30.3 Å².